The molecule has 272 valence electrons. The van der Waals surface area contributed by atoms with E-state index >= 15 is 0 Å². The summed E-state index contributed by atoms with van der Waals surface area (Å²) in [5, 5.41) is 16.9. The Labute approximate surface area is 317 Å². The third-order valence-corrected chi connectivity index (χ3v) is 10.2. The molecular weight excluding hydrogens is 717 g/mol. The monoisotopic (exact) mass is 753 g/mol. The maximum Gasteiger partial charge on any atom is 0.326 e. The van der Waals surface area contributed by atoms with Crippen LogP contribution in [0.4, 0.5) is 0 Å². The average molecular weight is 755 g/mol. The fourth-order valence-corrected chi connectivity index (χ4v) is 6.61. The Morgan fingerprint density at radius 1 is 0.943 bits per heavy atom. The second-order valence-electron chi connectivity index (χ2n) is 13.1. The number of aliphatic carboxylic acids is 1. The summed E-state index contributed by atoms with van der Waals surface area (Å²) in [6, 6.07) is 24.2. The first-order valence-corrected chi connectivity index (χ1v) is 17.9. The zero-order valence-electron chi connectivity index (χ0n) is 29.0. The SMILES string of the molecule is Cc1nccc(Oc2ccc(C[C@H](NC(=O)[C@@H]3Cc4cc5c(cc4CN3)O[C@@H](c3cccc(OCc4ccc(Cl)c(Cl)c4)c3)CO5)C(=O)O)cc2)c1C. The molecule has 2 aliphatic heterocycles. The number of aryl methyl sites for hydroxylation is 1. The van der Waals surface area contributed by atoms with Crippen molar-refractivity contribution < 1.29 is 33.6 Å². The molecule has 3 atom stereocenters. The number of hydrogen-bond acceptors (Lipinski definition) is 8. The van der Waals surface area contributed by atoms with Gasteiger partial charge in [0.2, 0.25) is 5.91 Å². The second kappa shape index (κ2) is 15.8. The number of carboxylic acids is 1. The van der Waals surface area contributed by atoms with Crippen molar-refractivity contribution in [3.8, 4) is 28.7 Å². The number of aromatic nitrogens is 1. The van der Waals surface area contributed by atoms with Gasteiger partial charge in [0.25, 0.3) is 0 Å². The number of ether oxygens (including phenoxy) is 4. The number of fused-ring (bicyclic) bond motifs is 2. The van der Waals surface area contributed by atoms with Crippen molar-refractivity contribution >= 4 is 35.1 Å². The van der Waals surface area contributed by atoms with E-state index in [1.807, 2.05) is 56.3 Å². The maximum atomic E-state index is 13.4. The summed E-state index contributed by atoms with van der Waals surface area (Å²) in [4.78, 5) is 29.8. The summed E-state index contributed by atoms with van der Waals surface area (Å²) in [7, 11) is 0. The van der Waals surface area contributed by atoms with Crippen LogP contribution in [0.15, 0.2) is 91.1 Å². The number of halogens is 2. The van der Waals surface area contributed by atoms with Crippen LogP contribution in [0, 0.1) is 13.8 Å². The molecule has 0 saturated carbocycles. The van der Waals surface area contributed by atoms with Gasteiger partial charge in [0, 0.05) is 30.4 Å². The Morgan fingerprint density at radius 2 is 1.74 bits per heavy atom. The zero-order valence-corrected chi connectivity index (χ0v) is 30.5. The van der Waals surface area contributed by atoms with Gasteiger partial charge in [-0.2, -0.15) is 0 Å². The Kier molecular flexibility index (Phi) is 10.7. The number of carbonyl (C=O) groups is 2. The van der Waals surface area contributed by atoms with Crippen molar-refractivity contribution in [2.24, 2.45) is 0 Å². The number of carbonyl (C=O) groups excluding carboxylic acids is 1. The smallest absolute Gasteiger partial charge is 0.326 e. The Balaban J connectivity index is 0.948. The van der Waals surface area contributed by atoms with Gasteiger partial charge in [0.15, 0.2) is 17.6 Å². The highest BCUT2D eigenvalue weighted by Gasteiger charge is 2.31. The molecule has 12 heteroatoms. The fraction of sp³-hybridized carbons (Fsp3) is 0.244. The van der Waals surface area contributed by atoms with E-state index in [2.05, 4.69) is 15.6 Å². The van der Waals surface area contributed by atoms with E-state index in [1.165, 1.54) is 0 Å². The molecule has 0 aliphatic carbocycles. The van der Waals surface area contributed by atoms with E-state index in [-0.39, 0.29) is 18.4 Å². The summed E-state index contributed by atoms with van der Waals surface area (Å²) < 4.78 is 24.6. The predicted octanol–water partition coefficient (Wildman–Crippen LogP) is 7.72. The molecule has 0 fully saturated rings. The molecule has 3 N–H and O–H groups in total. The highest BCUT2D eigenvalue weighted by molar-refractivity contribution is 6.42. The lowest BCUT2D eigenvalue weighted by atomic mass is 9.94. The first kappa shape index (κ1) is 36.1. The van der Waals surface area contributed by atoms with Crippen molar-refractivity contribution in [1.82, 2.24) is 15.6 Å². The lowest BCUT2D eigenvalue weighted by Crippen LogP contribution is -2.52. The maximum absolute atomic E-state index is 13.4. The van der Waals surface area contributed by atoms with Gasteiger partial charge in [0.1, 0.15) is 36.5 Å². The van der Waals surface area contributed by atoms with E-state index in [1.54, 1.807) is 48.7 Å². The summed E-state index contributed by atoms with van der Waals surface area (Å²) in [5.41, 5.74) is 6.29. The molecule has 3 heterocycles. The van der Waals surface area contributed by atoms with Gasteiger partial charge in [-0.3, -0.25) is 9.78 Å². The van der Waals surface area contributed by atoms with Gasteiger partial charge in [-0.05, 0) is 103 Å². The topological polar surface area (TPSA) is 128 Å². The third-order valence-electron chi connectivity index (χ3n) is 9.44. The fourth-order valence-electron chi connectivity index (χ4n) is 6.29. The number of carboxylic acid groups (broad SMARTS) is 1. The van der Waals surface area contributed by atoms with Crippen LogP contribution in [0.2, 0.25) is 10.0 Å². The highest BCUT2D eigenvalue weighted by Crippen LogP contribution is 2.40. The first-order chi connectivity index (χ1) is 25.6. The molecule has 0 spiro atoms. The van der Waals surface area contributed by atoms with Crippen molar-refractivity contribution in [3.05, 3.63) is 140 Å². The molecule has 7 rings (SSSR count). The predicted molar refractivity (Wildman–Crippen MR) is 200 cm³/mol. The standard InChI is InChI=1S/C41H37Cl2N3O7/c1-23-24(2)44-13-12-36(23)52-30-9-6-25(7-10-30)15-35(41(48)49)46-40(47)34-17-28-18-37-38(19-29(28)20-45-34)53-39(22-51-37)27-4-3-5-31(16-27)50-21-26-8-11-32(42)33(43)14-26/h3-14,16,18-19,34-35,39,45H,15,17,20-22H2,1-2H3,(H,46,47)(H,48,49)/t34-,35-,39+/m0/s1. The minimum absolute atomic E-state index is 0.115. The van der Waals surface area contributed by atoms with Crippen molar-refractivity contribution in [1.29, 1.82) is 0 Å². The normalized spacial score (nSPS) is 16.6. The number of hydrogen-bond donors (Lipinski definition) is 3. The van der Waals surface area contributed by atoms with Gasteiger partial charge < -0.3 is 34.7 Å². The lowest BCUT2D eigenvalue weighted by Gasteiger charge is -2.31. The van der Waals surface area contributed by atoms with E-state index in [0.717, 1.165) is 39.1 Å². The van der Waals surface area contributed by atoms with Crippen molar-refractivity contribution in [2.45, 2.75) is 58.0 Å². The van der Waals surface area contributed by atoms with Crippen LogP contribution in [-0.2, 0) is 35.6 Å². The third kappa shape index (κ3) is 8.52. The van der Waals surface area contributed by atoms with Gasteiger partial charge in [-0.1, -0.05) is 53.5 Å². The van der Waals surface area contributed by atoms with Crippen LogP contribution < -0.4 is 29.6 Å². The van der Waals surface area contributed by atoms with E-state index in [9.17, 15) is 14.7 Å². The lowest BCUT2D eigenvalue weighted by molar-refractivity contribution is -0.142. The quantitative estimate of drug-likeness (QED) is 0.124. The summed E-state index contributed by atoms with van der Waals surface area (Å²) in [6.45, 7) is 4.89. The van der Waals surface area contributed by atoms with E-state index < -0.39 is 18.1 Å². The van der Waals surface area contributed by atoms with E-state index in [0.29, 0.717) is 65.0 Å². The summed E-state index contributed by atoms with van der Waals surface area (Å²) >= 11 is 12.2. The summed E-state index contributed by atoms with van der Waals surface area (Å²) in [5.74, 6) is 1.71. The zero-order chi connectivity index (χ0) is 37.1. The molecule has 0 radical (unpaired) electrons. The second-order valence-corrected chi connectivity index (χ2v) is 13.9. The number of amides is 1. The van der Waals surface area contributed by atoms with Crippen LogP contribution in [0.1, 0.15) is 45.2 Å². The van der Waals surface area contributed by atoms with Crippen molar-refractivity contribution in [3.63, 3.8) is 0 Å². The molecular formula is C41H37Cl2N3O7. The molecule has 5 aromatic rings. The van der Waals surface area contributed by atoms with Gasteiger partial charge in [0.05, 0.1) is 16.1 Å². The minimum atomic E-state index is -1.12. The Hall–Kier alpha value is -5.29. The van der Waals surface area contributed by atoms with Crippen LogP contribution in [0.25, 0.3) is 0 Å². The number of benzene rings is 4. The minimum Gasteiger partial charge on any atom is -0.489 e. The van der Waals surface area contributed by atoms with Crippen molar-refractivity contribution in [2.75, 3.05) is 6.61 Å². The molecule has 0 saturated heterocycles. The van der Waals surface area contributed by atoms with Gasteiger partial charge in [-0.15, -0.1) is 0 Å². The molecule has 4 aromatic carbocycles. The molecule has 0 unspecified atom stereocenters. The number of pyridine rings is 1. The Morgan fingerprint density at radius 3 is 2.53 bits per heavy atom. The number of rotatable bonds is 11. The summed E-state index contributed by atoms with van der Waals surface area (Å²) in [6.07, 6.45) is 1.82. The Bertz CT molecular complexity index is 2160. The average Bonchev–Trinajstić information content (AvgIpc) is 3.16. The van der Waals surface area contributed by atoms with Crippen LogP contribution in [0.3, 0.4) is 0 Å². The van der Waals surface area contributed by atoms with E-state index in [4.69, 9.17) is 42.1 Å². The molecule has 2 aliphatic rings. The molecule has 1 amide bonds. The van der Waals surface area contributed by atoms with Crippen LogP contribution in [0.5, 0.6) is 28.7 Å². The molecule has 53 heavy (non-hydrogen) atoms. The van der Waals surface area contributed by atoms with Gasteiger partial charge in [-0.25, -0.2) is 4.79 Å². The van der Waals surface area contributed by atoms with Crippen LogP contribution in [-0.4, -0.2) is 40.7 Å². The first-order valence-electron chi connectivity index (χ1n) is 17.2. The highest BCUT2D eigenvalue weighted by atomic mass is 35.5. The number of nitrogens with one attached hydrogen (secondary N) is 2. The largest absolute Gasteiger partial charge is 0.489 e. The number of nitrogens with zero attached hydrogens (tertiary/aromatic N) is 1. The molecule has 1 aromatic heterocycles. The van der Waals surface area contributed by atoms with Gasteiger partial charge >= 0.3 is 5.97 Å². The molecule has 0 bridgehead atoms. The van der Waals surface area contributed by atoms with Crippen LogP contribution >= 0.6 is 23.2 Å². The molecule has 10 nitrogen and oxygen atoms in total.